The van der Waals surface area contributed by atoms with E-state index in [0.29, 0.717) is 31.6 Å². The summed E-state index contributed by atoms with van der Waals surface area (Å²) in [5, 5.41) is 7.19. The van der Waals surface area contributed by atoms with Crippen molar-refractivity contribution in [2.45, 2.75) is 31.2 Å². The third-order valence-electron chi connectivity index (χ3n) is 5.50. The molecule has 4 heterocycles. The highest BCUT2D eigenvalue weighted by Gasteiger charge is 2.43. The summed E-state index contributed by atoms with van der Waals surface area (Å²) in [6.45, 7) is 2.86. The van der Waals surface area contributed by atoms with Crippen LogP contribution in [0.2, 0.25) is 0 Å². The van der Waals surface area contributed by atoms with Crippen LogP contribution in [0, 0.1) is 0 Å². The first-order chi connectivity index (χ1) is 13.1. The lowest BCUT2D eigenvalue weighted by atomic mass is 9.89. The summed E-state index contributed by atoms with van der Waals surface area (Å²) in [7, 11) is 1.34. The summed E-state index contributed by atoms with van der Waals surface area (Å²) >= 11 is 0. The van der Waals surface area contributed by atoms with Crippen molar-refractivity contribution in [1.82, 2.24) is 14.9 Å². The molecule has 0 bridgehead atoms. The number of carbonyl (C=O) groups is 2. The number of rotatable bonds is 4. The topological polar surface area (TPSA) is 85.2 Å². The maximum atomic E-state index is 13.0. The lowest BCUT2D eigenvalue weighted by Crippen LogP contribution is -2.58. The van der Waals surface area contributed by atoms with E-state index in [1.54, 1.807) is 10.7 Å². The van der Waals surface area contributed by atoms with Gasteiger partial charge in [-0.3, -0.25) is 4.79 Å². The van der Waals surface area contributed by atoms with Gasteiger partial charge < -0.3 is 19.7 Å². The van der Waals surface area contributed by atoms with Crippen LogP contribution in [0.5, 0.6) is 0 Å². The molecule has 1 N–H and O–H groups in total. The molecular formula is C19H24N4O4. The van der Waals surface area contributed by atoms with Gasteiger partial charge in [-0.1, -0.05) is 0 Å². The number of carbonyl (C=O) groups excluding carboxylic acids is 2. The van der Waals surface area contributed by atoms with Gasteiger partial charge >= 0.3 is 5.97 Å². The molecule has 2 saturated heterocycles. The highest BCUT2D eigenvalue weighted by atomic mass is 16.5. The minimum absolute atomic E-state index is 0.323. The Labute approximate surface area is 157 Å². The van der Waals surface area contributed by atoms with Crippen molar-refractivity contribution < 1.29 is 19.1 Å². The van der Waals surface area contributed by atoms with Gasteiger partial charge in [0.1, 0.15) is 5.54 Å². The molecule has 8 nitrogen and oxygen atoms in total. The Kier molecular flexibility index (Phi) is 4.73. The number of ether oxygens (including phenoxy) is 2. The lowest BCUT2D eigenvalue weighted by molar-refractivity contribution is -0.152. The van der Waals surface area contributed by atoms with Gasteiger partial charge in [0.15, 0.2) is 0 Å². The summed E-state index contributed by atoms with van der Waals surface area (Å²) in [4.78, 5) is 27.7. The largest absolute Gasteiger partial charge is 0.467 e. The highest BCUT2D eigenvalue weighted by molar-refractivity contribution is 6.03. The predicted molar refractivity (Wildman–Crippen MR) is 98.9 cm³/mol. The Morgan fingerprint density at radius 3 is 2.70 bits per heavy atom. The predicted octanol–water partition coefficient (Wildman–Crippen LogP) is 1.39. The quantitative estimate of drug-likeness (QED) is 0.817. The van der Waals surface area contributed by atoms with E-state index < -0.39 is 11.5 Å². The number of aromatic nitrogens is 2. The molecule has 2 aromatic rings. The number of amides is 1. The summed E-state index contributed by atoms with van der Waals surface area (Å²) in [6.07, 6.45) is 6.56. The van der Waals surface area contributed by atoms with Gasteiger partial charge in [0.25, 0.3) is 5.91 Å². The smallest absolute Gasteiger partial charge is 0.331 e. The Morgan fingerprint density at radius 2 is 2.00 bits per heavy atom. The van der Waals surface area contributed by atoms with E-state index in [0.717, 1.165) is 24.3 Å². The van der Waals surface area contributed by atoms with Crippen molar-refractivity contribution in [2.24, 2.45) is 0 Å². The maximum absolute atomic E-state index is 13.0. The average molecular weight is 372 g/mol. The van der Waals surface area contributed by atoms with E-state index >= 15 is 0 Å². The molecule has 0 aliphatic carbocycles. The first kappa shape index (κ1) is 17.8. The first-order valence-corrected chi connectivity index (χ1v) is 9.34. The Balaban J connectivity index is 1.63. The van der Waals surface area contributed by atoms with Gasteiger partial charge in [-0.25, -0.2) is 9.31 Å². The second kappa shape index (κ2) is 7.19. The summed E-state index contributed by atoms with van der Waals surface area (Å²) < 4.78 is 12.0. The monoisotopic (exact) mass is 372 g/mol. The minimum atomic E-state index is -1.05. The van der Waals surface area contributed by atoms with Crippen molar-refractivity contribution >= 4 is 23.1 Å². The number of esters is 1. The summed E-state index contributed by atoms with van der Waals surface area (Å²) in [5.74, 6) is -0.760. The fourth-order valence-electron chi connectivity index (χ4n) is 3.90. The number of hydrogen-bond donors (Lipinski definition) is 1. The molecule has 0 unspecified atom stereocenters. The number of hydrogen-bond acceptors (Lipinski definition) is 6. The van der Waals surface area contributed by atoms with Crippen LogP contribution in [0.15, 0.2) is 24.5 Å². The van der Waals surface area contributed by atoms with Gasteiger partial charge in [-0.15, -0.1) is 0 Å². The fourth-order valence-corrected chi connectivity index (χ4v) is 3.90. The van der Waals surface area contributed by atoms with Gasteiger partial charge in [-0.2, -0.15) is 5.10 Å². The number of methoxy groups -OCH3 is 1. The maximum Gasteiger partial charge on any atom is 0.331 e. The second-order valence-corrected chi connectivity index (χ2v) is 7.11. The molecule has 0 aromatic carbocycles. The molecule has 8 heteroatoms. The van der Waals surface area contributed by atoms with Gasteiger partial charge in [-0.05, 0) is 25.0 Å². The molecule has 2 aliphatic rings. The third kappa shape index (κ3) is 3.25. The van der Waals surface area contributed by atoms with Crippen molar-refractivity contribution in [3.05, 3.63) is 30.1 Å². The molecule has 0 spiro atoms. The summed E-state index contributed by atoms with van der Waals surface area (Å²) in [6, 6.07) is 4.00. The van der Waals surface area contributed by atoms with Gasteiger partial charge in [0.05, 0.1) is 24.4 Å². The zero-order valence-corrected chi connectivity index (χ0v) is 15.4. The fraction of sp³-hybridized carbons (Fsp3) is 0.526. The second-order valence-electron chi connectivity index (χ2n) is 7.11. The minimum Gasteiger partial charge on any atom is -0.467 e. The van der Waals surface area contributed by atoms with Crippen LogP contribution >= 0.6 is 0 Å². The molecule has 1 amide bonds. The van der Waals surface area contributed by atoms with Crippen LogP contribution in [0.1, 0.15) is 36.0 Å². The molecule has 4 rings (SSSR count). The van der Waals surface area contributed by atoms with Crippen LogP contribution in [-0.2, 0) is 14.3 Å². The Morgan fingerprint density at radius 1 is 1.26 bits per heavy atom. The van der Waals surface area contributed by atoms with E-state index in [2.05, 4.69) is 15.3 Å². The molecule has 2 aliphatic heterocycles. The van der Waals surface area contributed by atoms with Crippen molar-refractivity contribution in [1.29, 1.82) is 0 Å². The lowest BCUT2D eigenvalue weighted by Gasteiger charge is -2.34. The standard InChI is InChI=1S/C19H24N4O4/c1-26-18(25)19(5-10-27-11-6-19)21-17(24)15-13-20-23-9-4-14(12-16(15)23)22-7-2-3-8-22/h4,9,12-13H,2-3,5-8,10-11H2,1H3,(H,21,24). The van der Waals surface area contributed by atoms with E-state index in [4.69, 9.17) is 9.47 Å². The van der Waals surface area contributed by atoms with Crippen LogP contribution < -0.4 is 10.2 Å². The number of anilines is 1. The Hall–Kier alpha value is -2.61. The van der Waals surface area contributed by atoms with E-state index in [9.17, 15) is 9.59 Å². The number of fused-ring (bicyclic) bond motifs is 1. The molecule has 0 atom stereocenters. The Bertz CT molecular complexity index is 851. The summed E-state index contributed by atoms with van der Waals surface area (Å²) in [5.41, 5.74) is 1.21. The van der Waals surface area contributed by atoms with Gasteiger partial charge in [0, 0.05) is 51.0 Å². The normalized spacial score (nSPS) is 19.2. The molecular weight excluding hydrogens is 348 g/mol. The number of nitrogens with one attached hydrogen (secondary N) is 1. The molecule has 0 saturated carbocycles. The van der Waals surface area contributed by atoms with Crippen molar-refractivity contribution in [2.75, 3.05) is 38.3 Å². The molecule has 144 valence electrons. The highest BCUT2D eigenvalue weighted by Crippen LogP contribution is 2.26. The SMILES string of the molecule is COC(=O)C1(NC(=O)c2cnn3ccc(N4CCCC4)cc23)CCOCC1. The van der Waals surface area contributed by atoms with E-state index in [-0.39, 0.29) is 5.91 Å². The van der Waals surface area contributed by atoms with Crippen LogP contribution in [0.25, 0.3) is 5.52 Å². The first-order valence-electron chi connectivity index (χ1n) is 9.34. The van der Waals surface area contributed by atoms with Crippen molar-refractivity contribution in [3.63, 3.8) is 0 Å². The molecule has 2 aromatic heterocycles. The molecule has 0 radical (unpaired) electrons. The van der Waals surface area contributed by atoms with Crippen molar-refractivity contribution in [3.8, 4) is 0 Å². The van der Waals surface area contributed by atoms with Crippen LogP contribution in [-0.4, -0.2) is 60.4 Å². The van der Waals surface area contributed by atoms with E-state index in [1.807, 2.05) is 18.3 Å². The van der Waals surface area contributed by atoms with Crippen LogP contribution in [0.3, 0.4) is 0 Å². The number of pyridine rings is 1. The zero-order chi connectivity index (χ0) is 18.9. The third-order valence-corrected chi connectivity index (χ3v) is 5.50. The number of nitrogens with zero attached hydrogens (tertiary/aromatic N) is 3. The van der Waals surface area contributed by atoms with Gasteiger partial charge in [0.2, 0.25) is 0 Å². The van der Waals surface area contributed by atoms with E-state index in [1.165, 1.54) is 20.0 Å². The molecule has 27 heavy (non-hydrogen) atoms. The van der Waals surface area contributed by atoms with Crippen LogP contribution in [0.4, 0.5) is 5.69 Å². The molecule has 2 fully saturated rings. The zero-order valence-electron chi connectivity index (χ0n) is 15.4. The average Bonchev–Trinajstić information content (AvgIpc) is 3.37.